The van der Waals surface area contributed by atoms with Crippen LogP contribution in [0.4, 0.5) is 0 Å². The summed E-state index contributed by atoms with van der Waals surface area (Å²) in [5.41, 5.74) is 4.62. The molecule has 0 spiro atoms. The Labute approximate surface area is 173 Å². The molecule has 0 saturated carbocycles. The molecule has 3 rings (SSSR count). The van der Waals surface area contributed by atoms with E-state index in [4.69, 9.17) is 14.2 Å². The quantitative estimate of drug-likeness (QED) is 0.528. The number of nitrogens with zero attached hydrogens (tertiary/aromatic N) is 1. The Bertz CT molecular complexity index is 834. The van der Waals surface area contributed by atoms with E-state index in [-0.39, 0.29) is 6.10 Å². The Morgan fingerprint density at radius 3 is 2.55 bits per heavy atom. The minimum absolute atomic E-state index is 0.215. The zero-order chi connectivity index (χ0) is 20.6. The first kappa shape index (κ1) is 21.0. The summed E-state index contributed by atoms with van der Waals surface area (Å²) in [7, 11) is 3.48. The predicted octanol–water partition coefficient (Wildman–Crippen LogP) is 3.42. The Kier molecular flexibility index (Phi) is 7.36. The van der Waals surface area contributed by atoms with Gasteiger partial charge in [0.2, 0.25) is 0 Å². The normalized spacial score (nSPS) is 15.6. The van der Waals surface area contributed by atoms with E-state index in [0.29, 0.717) is 26.3 Å². The van der Waals surface area contributed by atoms with E-state index in [1.54, 1.807) is 14.2 Å². The molecule has 0 aliphatic carbocycles. The van der Waals surface area contributed by atoms with E-state index in [9.17, 15) is 0 Å². The summed E-state index contributed by atoms with van der Waals surface area (Å²) < 4.78 is 16.9. The number of hydrogen-bond acceptors (Lipinski definition) is 4. The summed E-state index contributed by atoms with van der Waals surface area (Å²) in [5.74, 6) is 2.60. The molecule has 156 valence electrons. The average molecular weight is 398 g/mol. The molecule has 29 heavy (non-hydrogen) atoms. The molecule has 2 aromatic rings. The molecule has 1 aliphatic rings. The highest BCUT2D eigenvalue weighted by atomic mass is 16.5. The second-order valence-electron chi connectivity index (χ2n) is 7.16. The zero-order valence-corrected chi connectivity index (χ0v) is 17.7. The van der Waals surface area contributed by atoms with E-state index in [1.807, 2.05) is 6.92 Å². The summed E-state index contributed by atoms with van der Waals surface area (Å²) in [6.07, 6.45) is 1.14. The van der Waals surface area contributed by atoms with Gasteiger partial charge in [-0.3, -0.25) is 4.99 Å². The highest BCUT2D eigenvalue weighted by Gasteiger charge is 2.21. The van der Waals surface area contributed by atoms with Crippen LogP contribution in [-0.2, 0) is 30.9 Å². The number of fused-ring (bicyclic) bond motifs is 1. The number of methoxy groups -OCH3 is 1. The lowest BCUT2D eigenvalue weighted by Crippen LogP contribution is -2.36. The van der Waals surface area contributed by atoms with Crippen LogP contribution in [0, 0.1) is 0 Å². The molecule has 2 N–H and O–H groups in total. The molecule has 6 heteroatoms. The fourth-order valence-electron chi connectivity index (χ4n) is 3.41. The van der Waals surface area contributed by atoms with Crippen LogP contribution >= 0.6 is 0 Å². The van der Waals surface area contributed by atoms with E-state index < -0.39 is 0 Å². The maximum absolute atomic E-state index is 5.91. The summed E-state index contributed by atoms with van der Waals surface area (Å²) in [6.45, 7) is 6.65. The molecule has 0 radical (unpaired) electrons. The van der Waals surface area contributed by atoms with Gasteiger partial charge in [-0.25, -0.2) is 0 Å². The van der Waals surface area contributed by atoms with Crippen molar-refractivity contribution in [3.05, 3.63) is 58.7 Å². The number of guanidine groups is 1. The van der Waals surface area contributed by atoms with Gasteiger partial charge in [0.1, 0.15) is 17.6 Å². The molecular formula is C23H31N3O3. The van der Waals surface area contributed by atoms with Crippen molar-refractivity contribution < 1.29 is 14.2 Å². The van der Waals surface area contributed by atoms with Crippen molar-refractivity contribution in [2.45, 2.75) is 46.1 Å². The monoisotopic (exact) mass is 397 g/mol. The van der Waals surface area contributed by atoms with Crippen LogP contribution in [0.3, 0.4) is 0 Å². The minimum atomic E-state index is 0.215. The molecule has 6 nitrogen and oxygen atoms in total. The van der Waals surface area contributed by atoms with Gasteiger partial charge in [-0.15, -0.1) is 0 Å². The van der Waals surface area contributed by atoms with Crippen molar-refractivity contribution in [3.8, 4) is 11.5 Å². The first-order valence-electron chi connectivity index (χ1n) is 10.1. The standard InChI is InChI=1S/C23H31N3O3/c1-5-28-21-11-19-10-16(2)29-22(19)12-20(21)14-26-23(24-3)25-13-17-6-8-18(9-7-17)15-27-4/h6-9,11-12,16H,5,10,13-15H2,1-4H3,(H2,24,25,26). The van der Waals surface area contributed by atoms with Crippen LogP contribution in [0.25, 0.3) is 0 Å². The van der Waals surface area contributed by atoms with Crippen molar-refractivity contribution in [2.75, 3.05) is 20.8 Å². The minimum Gasteiger partial charge on any atom is -0.494 e. The second-order valence-corrected chi connectivity index (χ2v) is 7.16. The van der Waals surface area contributed by atoms with Crippen LogP contribution in [0.2, 0.25) is 0 Å². The van der Waals surface area contributed by atoms with Gasteiger partial charge in [-0.05, 0) is 37.1 Å². The topological polar surface area (TPSA) is 64.1 Å². The number of benzene rings is 2. The first-order valence-corrected chi connectivity index (χ1v) is 10.1. The van der Waals surface area contributed by atoms with E-state index in [0.717, 1.165) is 35.0 Å². The molecular weight excluding hydrogens is 366 g/mol. The zero-order valence-electron chi connectivity index (χ0n) is 17.7. The number of ether oxygens (including phenoxy) is 3. The molecule has 0 amide bonds. The summed E-state index contributed by atoms with van der Waals surface area (Å²) >= 11 is 0. The SMILES string of the molecule is CCOc1cc2c(cc1CNC(=NC)NCc1ccc(COC)cc1)OC(C)C2. The summed E-state index contributed by atoms with van der Waals surface area (Å²) in [4.78, 5) is 4.33. The van der Waals surface area contributed by atoms with Gasteiger partial charge in [-0.2, -0.15) is 0 Å². The third-order valence-electron chi connectivity index (χ3n) is 4.84. The van der Waals surface area contributed by atoms with Crippen LogP contribution in [0.1, 0.15) is 36.1 Å². The lowest BCUT2D eigenvalue weighted by Gasteiger charge is -2.16. The maximum Gasteiger partial charge on any atom is 0.191 e. The van der Waals surface area contributed by atoms with Crippen LogP contribution < -0.4 is 20.1 Å². The third-order valence-corrected chi connectivity index (χ3v) is 4.84. The fourth-order valence-corrected chi connectivity index (χ4v) is 3.41. The molecule has 1 atom stereocenters. The van der Waals surface area contributed by atoms with Gasteiger partial charge >= 0.3 is 0 Å². The van der Waals surface area contributed by atoms with Crippen molar-refractivity contribution in [1.29, 1.82) is 0 Å². The van der Waals surface area contributed by atoms with Crippen molar-refractivity contribution in [3.63, 3.8) is 0 Å². The van der Waals surface area contributed by atoms with E-state index in [1.165, 1.54) is 11.1 Å². The predicted molar refractivity (Wildman–Crippen MR) is 116 cm³/mol. The Morgan fingerprint density at radius 2 is 1.86 bits per heavy atom. The summed E-state index contributed by atoms with van der Waals surface area (Å²) in [6, 6.07) is 12.5. The number of nitrogens with one attached hydrogen (secondary N) is 2. The smallest absolute Gasteiger partial charge is 0.191 e. The number of aliphatic imine (C=N–C) groups is 1. The van der Waals surface area contributed by atoms with Crippen molar-refractivity contribution in [1.82, 2.24) is 10.6 Å². The molecule has 1 heterocycles. The van der Waals surface area contributed by atoms with Crippen molar-refractivity contribution in [2.24, 2.45) is 4.99 Å². The lowest BCUT2D eigenvalue weighted by molar-refractivity contribution is 0.185. The number of hydrogen-bond donors (Lipinski definition) is 2. The molecule has 1 unspecified atom stereocenters. The lowest BCUT2D eigenvalue weighted by atomic mass is 10.1. The fraction of sp³-hybridized carbons (Fsp3) is 0.435. The maximum atomic E-state index is 5.91. The van der Waals surface area contributed by atoms with Crippen LogP contribution in [0.15, 0.2) is 41.4 Å². The Hall–Kier alpha value is -2.73. The van der Waals surface area contributed by atoms with Crippen LogP contribution in [-0.4, -0.2) is 32.8 Å². The average Bonchev–Trinajstić information content (AvgIpc) is 3.08. The molecule has 0 aromatic heterocycles. The van der Waals surface area contributed by atoms with Gasteiger partial charge in [0.15, 0.2) is 5.96 Å². The molecule has 0 saturated heterocycles. The Morgan fingerprint density at radius 1 is 1.14 bits per heavy atom. The molecule has 2 aromatic carbocycles. The number of rotatable bonds is 8. The highest BCUT2D eigenvalue weighted by molar-refractivity contribution is 5.79. The van der Waals surface area contributed by atoms with Crippen molar-refractivity contribution >= 4 is 5.96 Å². The molecule has 0 fully saturated rings. The first-order chi connectivity index (χ1) is 14.1. The van der Waals surface area contributed by atoms with Crippen LogP contribution in [0.5, 0.6) is 11.5 Å². The van der Waals surface area contributed by atoms with Gasteiger partial charge in [-0.1, -0.05) is 24.3 Å². The van der Waals surface area contributed by atoms with E-state index >= 15 is 0 Å². The largest absolute Gasteiger partial charge is 0.494 e. The third kappa shape index (κ3) is 5.64. The second kappa shape index (κ2) is 10.2. The van der Waals surface area contributed by atoms with Gasteiger partial charge in [0, 0.05) is 44.8 Å². The molecule has 0 bridgehead atoms. The van der Waals surface area contributed by atoms with Gasteiger partial charge < -0.3 is 24.8 Å². The van der Waals surface area contributed by atoms with Gasteiger partial charge in [0.25, 0.3) is 0 Å². The molecule has 1 aliphatic heterocycles. The van der Waals surface area contributed by atoms with Gasteiger partial charge in [0.05, 0.1) is 13.2 Å². The van der Waals surface area contributed by atoms with E-state index in [2.05, 4.69) is 58.9 Å². The summed E-state index contributed by atoms with van der Waals surface area (Å²) in [5, 5.41) is 6.73. The highest BCUT2D eigenvalue weighted by Crippen LogP contribution is 2.35. The Balaban J connectivity index is 1.59.